The van der Waals surface area contributed by atoms with Crippen molar-refractivity contribution >= 4 is 0 Å². The van der Waals surface area contributed by atoms with Gasteiger partial charge in [-0.15, -0.1) is 0 Å². The van der Waals surface area contributed by atoms with E-state index in [-0.39, 0.29) is 0 Å². The van der Waals surface area contributed by atoms with E-state index in [2.05, 4.69) is 24.1 Å². The number of hydrogen-bond donors (Lipinski definition) is 1. The first kappa shape index (κ1) is 17.0. The number of nitrogens with zero attached hydrogens (tertiary/aromatic N) is 1. The summed E-state index contributed by atoms with van der Waals surface area (Å²) in [6.45, 7) is 11.0. The van der Waals surface area contributed by atoms with Gasteiger partial charge in [0.2, 0.25) is 0 Å². The quantitative estimate of drug-likeness (QED) is 0.569. The zero-order valence-corrected chi connectivity index (χ0v) is 13.4. The molecule has 1 aliphatic rings. The Bertz CT molecular complexity index is 194. The van der Waals surface area contributed by atoms with Crippen molar-refractivity contribution in [1.82, 2.24) is 10.2 Å². The Labute approximate surface area is 121 Å². The van der Waals surface area contributed by atoms with Crippen molar-refractivity contribution in [3.8, 4) is 0 Å². The number of unbranched alkanes of at least 4 members (excludes halogenated alkanes) is 5. The van der Waals surface area contributed by atoms with Gasteiger partial charge in [0, 0.05) is 6.54 Å². The fourth-order valence-electron chi connectivity index (χ4n) is 3.12. The van der Waals surface area contributed by atoms with E-state index in [1.54, 1.807) is 0 Å². The van der Waals surface area contributed by atoms with E-state index in [1.165, 1.54) is 90.5 Å². The highest BCUT2D eigenvalue weighted by Gasteiger charge is 2.18. The Morgan fingerprint density at radius 3 is 2.58 bits per heavy atom. The molecule has 0 aliphatic carbocycles. The predicted octanol–water partition coefficient (Wildman–Crippen LogP) is 4.06. The summed E-state index contributed by atoms with van der Waals surface area (Å²) in [6.07, 6.45) is 12.6. The van der Waals surface area contributed by atoms with Crippen LogP contribution >= 0.6 is 0 Å². The summed E-state index contributed by atoms with van der Waals surface area (Å²) in [5.41, 5.74) is 0. The van der Waals surface area contributed by atoms with Crippen molar-refractivity contribution < 1.29 is 0 Å². The maximum absolute atomic E-state index is 3.59. The molecule has 0 aromatic carbocycles. The highest BCUT2D eigenvalue weighted by atomic mass is 15.1. The molecule has 1 saturated heterocycles. The van der Waals surface area contributed by atoms with Crippen LogP contribution in [0.1, 0.15) is 71.6 Å². The van der Waals surface area contributed by atoms with Gasteiger partial charge in [0.15, 0.2) is 0 Å². The van der Waals surface area contributed by atoms with Crippen LogP contribution in [0.5, 0.6) is 0 Å². The SMILES string of the molecule is CCCCCCCCN1CCCC(CNCCC)C1. The minimum Gasteiger partial charge on any atom is -0.316 e. The summed E-state index contributed by atoms with van der Waals surface area (Å²) >= 11 is 0. The average Bonchev–Trinajstić information content (AvgIpc) is 2.43. The van der Waals surface area contributed by atoms with Crippen LogP contribution in [0, 0.1) is 5.92 Å². The maximum Gasteiger partial charge on any atom is 0.00218 e. The smallest absolute Gasteiger partial charge is 0.00218 e. The molecule has 0 amide bonds. The molecule has 1 fully saturated rings. The van der Waals surface area contributed by atoms with Gasteiger partial charge in [-0.2, -0.15) is 0 Å². The Morgan fingerprint density at radius 2 is 1.79 bits per heavy atom. The second-order valence-electron chi connectivity index (χ2n) is 6.28. The van der Waals surface area contributed by atoms with Gasteiger partial charge in [0.25, 0.3) is 0 Å². The van der Waals surface area contributed by atoms with Crippen molar-refractivity contribution in [3.63, 3.8) is 0 Å². The van der Waals surface area contributed by atoms with Crippen LogP contribution in [-0.2, 0) is 0 Å². The predicted molar refractivity (Wildman–Crippen MR) is 85.7 cm³/mol. The summed E-state index contributed by atoms with van der Waals surface area (Å²) in [5, 5.41) is 3.59. The average molecular weight is 268 g/mol. The molecule has 0 aromatic rings. The van der Waals surface area contributed by atoms with Gasteiger partial charge in [-0.25, -0.2) is 0 Å². The third-order valence-electron chi connectivity index (χ3n) is 4.29. The standard InChI is InChI=1S/C17H36N2/c1-3-5-6-7-8-9-13-19-14-10-11-17(16-19)15-18-12-4-2/h17-18H,3-16H2,1-2H3. The minimum absolute atomic E-state index is 0.903. The van der Waals surface area contributed by atoms with Crippen LogP contribution in [0.15, 0.2) is 0 Å². The van der Waals surface area contributed by atoms with Crippen LogP contribution in [0.25, 0.3) is 0 Å². The van der Waals surface area contributed by atoms with Crippen LogP contribution in [0.4, 0.5) is 0 Å². The van der Waals surface area contributed by atoms with Crippen LogP contribution in [0.3, 0.4) is 0 Å². The lowest BCUT2D eigenvalue weighted by molar-refractivity contribution is 0.169. The van der Waals surface area contributed by atoms with Gasteiger partial charge in [0.1, 0.15) is 0 Å². The van der Waals surface area contributed by atoms with Gasteiger partial charge in [0.05, 0.1) is 0 Å². The van der Waals surface area contributed by atoms with Crippen molar-refractivity contribution in [3.05, 3.63) is 0 Å². The zero-order valence-electron chi connectivity index (χ0n) is 13.4. The lowest BCUT2D eigenvalue weighted by Gasteiger charge is -2.32. The van der Waals surface area contributed by atoms with Crippen molar-refractivity contribution in [2.75, 3.05) is 32.7 Å². The fraction of sp³-hybridized carbons (Fsp3) is 1.00. The highest BCUT2D eigenvalue weighted by Crippen LogP contribution is 2.16. The molecule has 114 valence electrons. The minimum atomic E-state index is 0.903. The normalized spacial score (nSPS) is 20.8. The van der Waals surface area contributed by atoms with Gasteiger partial charge in [-0.05, 0) is 57.8 Å². The van der Waals surface area contributed by atoms with Crippen LogP contribution < -0.4 is 5.32 Å². The summed E-state index contributed by atoms with van der Waals surface area (Å²) in [7, 11) is 0. The molecule has 1 heterocycles. The molecule has 0 bridgehead atoms. The summed E-state index contributed by atoms with van der Waals surface area (Å²) in [4.78, 5) is 2.71. The maximum atomic E-state index is 3.59. The van der Waals surface area contributed by atoms with Gasteiger partial charge >= 0.3 is 0 Å². The van der Waals surface area contributed by atoms with Crippen molar-refractivity contribution in [2.24, 2.45) is 5.92 Å². The molecular formula is C17H36N2. The third-order valence-corrected chi connectivity index (χ3v) is 4.29. The molecule has 2 nitrogen and oxygen atoms in total. The van der Waals surface area contributed by atoms with Crippen molar-refractivity contribution in [1.29, 1.82) is 0 Å². The van der Waals surface area contributed by atoms with Gasteiger partial charge in [-0.3, -0.25) is 0 Å². The Kier molecular flexibility index (Phi) is 10.5. The van der Waals surface area contributed by atoms with E-state index in [9.17, 15) is 0 Å². The van der Waals surface area contributed by atoms with E-state index in [4.69, 9.17) is 0 Å². The van der Waals surface area contributed by atoms with Gasteiger partial charge < -0.3 is 10.2 Å². The number of hydrogen-bond acceptors (Lipinski definition) is 2. The lowest BCUT2D eigenvalue weighted by atomic mass is 9.97. The zero-order chi connectivity index (χ0) is 13.8. The largest absolute Gasteiger partial charge is 0.316 e. The monoisotopic (exact) mass is 268 g/mol. The molecule has 1 atom stereocenters. The first-order chi connectivity index (χ1) is 9.36. The summed E-state index contributed by atoms with van der Waals surface area (Å²) in [5.74, 6) is 0.903. The number of likely N-dealkylation sites (tertiary alicyclic amines) is 1. The Hall–Kier alpha value is -0.0800. The second-order valence-corrected chi connectivity index (χ2v) is 6.28. The number of nitrogens with one attached hydrogen (secondary N) is 1. The van der Waals surface area contributed by atoms with E-state index in [0.717, 1.165) is 5.92 Å². The van der Waals surface area contributed by atoms with E-state index in [0.29, 0.717) is 0 Å². The first-order valence-electron chi connectivity index (χ1n) is 8.79. The number of piperidine rings is 1. The fourth-order valence-corrected chi connectivity index (χ4v) is 3.12. The molecule has 0 spiro atoms. The molecule has 0 saturated carbocycles. The Morgan fingerprint density at radius 1 is 1.00 bits per heavy atom. The molecule has 1 rings (SSSR count). The van der Waals surface area contributed by atoms with Gasteiger partial charge in [-0.1, -0.05) is 46.0 Å². The molecule has 19 heavy (non-hydrogen) atoms. The van der Waals surface area contributed by atoms with Crippen LogP contribution in [0.2, 0.25) is 0 Å². The molecule has 1 unspecified atom stereocenters. The molecule has 0 radical (unpaired) electrons. The molecule has 1 N–H and O–H groups in total. The topological polar surface area (TPSA) is 15.3 Å². The van der Waals surface area contributed by atoms with Crippen molar-refractivity contribution in [2.45, 2.75) is 71.6 Å². The molecule has 2 heteroatoms. The van der Waals surface area contributed by atoms with E-state index in [1.807, 2.05) is 0 Å². The van der Waals surface area contributed by atoms with Crippen LogP contribution in [-0.4, -0.2) is 37.6 Å². The molecule has 0 aromatic heterocycles. The molecule has 1 aliphatic heterocycles. The second kappa shape index (κ2) is 11.7. The lowest BCUT2D eigenvalue weighted by Crippen LogP contribution is -2.40. The van der Waals surface area contributed by atoms with E-state index < -0.39 is 0 Å². The molecular weight excluding hydrogens is 232 g/mol. The highest BCUT2D eigenvalue weighted by molar-refractivity contribution is 4.74. The third kappa shape index (κ3) is 8.65. The summed E-state index contributed by atoms with van der Waals surface area (Å²) in [6, 6.07) is 0. The van der Waals surface area contributed by atoms with E-state index >= 15 is 0 Å². The Balaban J connectivity index is 2.00. The first-order valence-corrected chi connectivity index (χ1v) is 8.79. The summed E-state index contributed by atoms with van der Waals surface area (Å²) < 4.78 is 0. The number of rotatable bonds is 11.